The average Bonchev–Trinajstić information content (AvgIpc) is 3.26. The Balaban J connectivity index is 1.23. The molecule has 136 valence electrons. The molecular formula is C18H25N3O4. The SMILES string of the molecule is O=C(CN1CCOCC1)N1CCN(C(=O)C2CC2c2ccco2)CC1. The molecule has 0 N–H and O–H groups in total. The normalized spacial score (nSPS) is 27.4. The van der Waals surface area contributed by atoms with E-state index in [1.807, 2.05) is 21.9 Å². The molecule has 0 bridgehead atoms. The van der Waals surface area contributed by atoms with Crippen molar-refractivity contribution in [2.24, 2.45) is 5.92 Å². The van der Waals surface area contributed by atoms with Crippen LogP contribution in [0.3, 0.4) is 0 Å². The first-order chi connectivity index (χ1) is 12.2. The highest BCUT2D eigenvalue weighted by Gasteiger charge is 2.47. The molecule has 1 saturated carbocycles. The third kappa shape index (κ3) is 3.72. The third-order valence-corrected chi connectivity index (χ3v) is 5.42. The van der Waals surface area contributed by atoms with Crippen LogP contribution in [0.25, 0.3) is 0 Å². The van der Waals surface area contributed by atoms with E-state index < -0.39 is 0 Å². The highest BCUT2D eigenvalue weighted by Crippen LogP contribution is 2.48. The van der Waals surface area contributed by atoms with E-state index >= 15 is 0 Å². The molecule has 2 amide bonds. The zero-order valence-corrected chi connectivity index (χ0v) is 14.4. The number of ether oxygens (including phenoxy) is 1. The largest absolute Gasteiger partial charge is 0.469 e. The van der Waals surface area contributed by atoms with Crippen LogP contribution in [-0.4, -0.2) is 85.5 Å². The van der Waals surface area contributed by atoms with Crippen molar-refractivity contribution in [3.05, 3.63) is 24.2 Å². The molecule has 2 saturated heterocycles. The average molecular weight is 347 g/mol. The highest BCUT2D eigenvalue weighted by molar-refractivity contribution is 5.83. The third-order valence-electron chi connectivity index (χ3n) is 5.42. The van der Waals surface area contributed by atoms with Crippen LogP contribution in [0, 0.1) is 5.92 Å². The second-order valence-electron chi connectivity index (χ2n) is 7.06. The van der Waals surface area contributed by atoms with Gasteiger partial charge in [0.15, 0.2) is 0 Å². The lowest BCUT2D eigenvalue weighted by molar-refractivity contribution is -0.141. The van der Waals surface area contributed by atoms with E-state index in [4.69, 9.17) is 9.15 Å². The first kappa shape index (κ1) is 16.6. The molecule has 0 radical (unpaired) electrons. The molecule has 3 fully saturated rings. The van der Waals surface area contributed by atoms with E-state index in [0.717, 1.165) is 25.3 Å². The summed E-state index contributed by atoms with van der Waals surface area (Å²) in [5, 5.41) is 0. The standard InChI is InChI=1S/C18H25N3O4/c22-17(13-19-7-10-24-11-8-19)20-3-5-21(6-4-20)18(23)15-12-14(15)16-2-1-9-25-16/h1-2,9,14-15H,3-8,10-13H2. The fourth-order valence-corrected chi connectivity index (χ4v) is 3.75. The minimum Gasteiger partial charge on any atom is -0.469 e. The first-order valence-corrected chi connectivity index (χ1v) is 9.12. The lowest BCUT2D eigenvalue weighted by Gasteiger charge is -2.36. The Hall–Kier alpha value is -1.86. The van der Waals surface area contributed by atoms with Crippen LogP contribution in [0.15, 0.2) is 22.8 Å². The lowest BCUT2D eigenvalue weighted by Crippen LogP contribution is -2.53. The summed E-state index contributed by atoms with van der Waals surface area (Å²) in [5.74, 6) is 1.58. The van der Waals surface area contributed by atoms with E-state index in [2.05, 4.69) is 4.90 Å². The van der Waals surface area contributed by atoms with Crippen molar-refractivity contribution in [2.45, 2.75) is 12.3 Å². The van der Waals surface area contributed by atoms with Gasteiger partial charge in [0, 0.05) is 51.1 Å². The highest BCUT2D eigenvalue weighted by atomic mass is 16.5. The molecule has 2 atom stereocenters. The van der Waals surface area contributed by atoms with Crippen LogP contribution in [0.4, 0.5) is 0 Å². The van der Waals surface area contributed by atoms with Crippen LogP contribution >= 0.6 is 0 Å². The molecule has 2 aliphatic heterocycles. The number of hydrogen-bond acceptors (Lipinski definition) is 5. The summed E-state index contributed by atoms with van der Waals surface area (Å²) < 4.78 is 10.7. The van der Waals surface area contributed by atoms with Crippen molar-refractivity contribution in [3.8, 4) is 0 Å². The Morgan fingerprint density at radius 1 is 1.04 bits per heavy atom. The zero-order valence-electron chi connectivity index (χ0n) is 14.4. The van der Waals surface area contributed by atoms with Crippen molar-refractivity contribution in [3.63, 3.8) is 0 Å². The van der Waals surface area contributed by atoms with Gasteiger partial charge in [-0.3, -0.25) is 14.5 Å². The Morgan fingerprint density at radius 3 is 2.44 bits per heavy atom. The lowest BCUT2D eigenvalue weighted by atomic mass is 10.2. The number of piperazine rings is 1. The van der Waals surface area contributed by atoms with Gasteiger partial charge in [-0.2, -0.15) is 0 Å². The molecule has 3 heterocycles. The van der Waals surface area contributed by atoms with E-state index in [1.54, 1.807) is 6.26 Å². The van der Waals surface area contributed by atoms with E-state index in [-0.39, 0.29) is 23.7 Å². The number of rotatable bonds is 4. The summed E-state index contributed by atoms with van der Waals surface area (Å²) >= 11 is 0. The van der Waals surface area contributed by atoms with E-state index in [9.17, 15) is 9.59 Å². The maximum absolute atomic E-state index is 12.6. The Kier molecular flexibility index (Phi) is 4.76. The first-order valence-electron chi connectivity index (χ1n) is 9.12. The minimum absolute atomic E-state index is 0.0572. The van der Waals surface area contributed by atoms with Gasteiger partial charge in [0.2, 0.25) is 11.8 Å². The summed E-state index contributed by atoms with van der Waals surface area (Å²) in [7, 11) is 0. The van der Waals surface area contributed by atoms with Crippen LogP contribution in [-0.2, 0) is 14.3 Å². The molecule has 1 aromatic rings. The second-order valence-corrected chi connectivity index (χ2v) is 7.06. The summed E-state index contributed by atoms with van der Waals surface area (Å²) in [6.45, 7) is 6.03. The number of nitrogens with zero attached hydrogens (tertiary/aromatic N) is 3. The summed E-state index contributed by atoms with van der Waals surface area (Å²) in [5.41, 5.74) is 0. The number of carbonyl (C=O) groups is 2. The maximum Gasteiger partial charge on any atom is 0.236 e. The Morgan fingerprint density at radius 2 is 1.76 bits per heavy atom. The maximum atomic E-state index is 12.6. The Labute approximate surface area is 147 Å². The molecule has 25 heavy (non-hydrogen) atoms. The van der Waals surface area contributed by atoms with Gasteiger partial charge in [0.1, 0.15) is 5.76 Å². The molecule has 7 nitrogen and oxygen atoms in total. The van der Waals surface area contributed by atoms with Crippen molar-refractivity contribution in [1.82, 2.24) is 14.7 Å². The summed E-state index contributed by atoms with van der Waals surface area (Å²) in [6.07, 6.45) is 2.54. The molecule has 3 aliphatic rings. The molecule has 0 aromatic carbocycles. The quantitative estimate of drug-likeness (QED) is 0.788. The van der Waals surface area contributed by atoms with Crippen molar-refractivity contribution >= 4 is 11.8 Å². The predicted octanol–water partition coefficient (Wildman–Crippen LogP) is 0.386. The van der Waals surface area contributed by atoms with Gasteiger partial charge in [-0.1, -0.05) is 0 Å². The molecule has 1 aliphatic carbocycles. The minimum atomic E-state index is 0.0572. The molecule has 0 spiro atoms. The van der Waals surface area contributed by atoms with Gasteiger partial charge >= 0.3 is 0 Å². The fraction of sp³-hybridized carbons (Fsp3) is 0.667. The monoisotopic (exact) mass is 347 g/mol. The molecule has 1 aromatic heterocycles. The smallest absolute Gasteiger partial charge is 0.236 e. The van der Waals surface area contributed by atoms with Gasteiger partial charge in [-0.15, -0.1) is 0 Å². The fourth-order valence-electron chi connectivity index (χ4n) is 3.75. The molecule has 4 rings (SSSR count). The van der Waals surface area contributed by atoms with Crippen LogP contribution in [0.2, 0.25) is 0 Å². The van der Waals surface area contributed by atoms with Gasteiger partial charge in [0.05, 0.1) is 26.0 Å². The van der Waals surface area contributed by atoms with Gasteiger partial charge in [-0.05, 0) is 18.6 Å². The summed E-state index contributed by atoms with van der Waals surface area (Å²) in [6, 6.07) is 3.81. The predicted molar refractivity (Wildman–Crippen MR) is 90.0 cm³/mol. The number of carbonyl (C=O) groups excluding carboxylic acids is 2. The van der Waals surface area contributed by atoms with Gasteiger partial charge in [-0.25, -0.2) is 0 Å². The molecule has 7 heteroatoms. The van der Waals surface area contributed by atoms with E-state index in [0.29, 0.717) is 45.9 Å². The number of morpholine rings is 1. The second kappa shape index (κ2) is 7.17. The summed E-state index contributed by atoms with van der Waals surface area (Å²) in [4.78, 5) is 31.0. The van der Waals surface area contributed by atoms with Gasteiger partial charge < -0.3 is 19.0 Å². The van der Waals surface area contributed by atoms with Crippen molar-refractivity contribution in [2.75, 3.05) is 59.0 Å². The number of amides is 2. The van der Waals surface area contributed by atoms with Crippen molar-refractivity contribution in [1.29, 1.82) is 0 Å². The van der Waals surface area contributed by atoms with Gasteiger partial charge in [0.25, 0.3) is 0 Å². The van der Waals surface area contributed by atoms with Crippen molar-refractivity contribution < 1.29 is 18.7 Å². The molecular weight excluding hydrogens is 322 g/mol. The molecule has 2 unspecified atom stereocenters. The Bertz CT molecular complexity index is 604. The zero-order chi connectivity index (χ0) is 17.2. The van der Waals surface area contributed by atoms with Crippen LogP contribution < -0.4 is 0 Å². The number of furan rings is 1. The van der Waals surface area contributed by atoms with Crippen LogP contribution in [0.5, 0.6) is 0 Å². The topological polar surface area (TPSA) is 66.2 Å². The number of hydrogen-bond donors (Lipinski definition) is 0. The van der Waals surface area contributed by atoms with Crippen LogP contribution in [0.1, 0.15) is 18.1 Å². The van der Waals surface area contributed by atoms with E-state index in [1.165, 1.54) is 0 Å².